The Labute approximate surface area is 170 Å². The van der Waals surface area contributed by atoms with Gasteiger partial charge < -0.3 is 10.1 Å². The average molecular weight is 390 g/mol. The minimum absolute atomic E-state index is 0.223. The largest absolute Gasteiger partial charge is 0.497 e. The van der Waals surface area contributed by atoms with Crippen molar-refractivity contribution in [2.75, 3.05) is 13.7 Å². The lowest BCUT2D eigenvalue weighted by molar-refractivity contribution is 0.0935. The first-order valence-electron chi connectivity index (χ1n) is 9.93. The summed E-state index contributed by atoms with van der Waals surface area (Å²) < 4.78 is 7.03. The monoisotopic (exact) mass is 390 g/mol. The third-order valence-corrected chi connectivity index (χ3v) is 5.34. The fraction of sp³-hybridized carbons (Fsp3) is 0.348. The zero-order valence-electron chi connectivity index (χ0n) is 17.1. The normalized spacial score (nSPS) is 13.9. The van der Waals surface area contributed by atoms with E-state index in [1.807, 2.05) is 54.6 Å². The van der Waals surface area contributed by atoms with Crippen LogP contribution in [0.3, 0.4) is 0 Å². The second-order valence-electron chi connectivity index (χ2n) is 8.11. The first-order valence-corrected chi connectivity index (χ1v) is 9.93. The molecular formula is C23H26N4O2. The lowest BCUT2D eigenvalue weighted by atomic mass is 9.84. The molecule has 1 aromatic heterocycles. The van der Waals surface area contributed by atoms with Gasteiger partial charge in [0.25, 0.3) is 5.91 Å². The molecule has 2 aromatic carbocycles. The lowest BCUT2D eigenvalue weighted by Crippen LogP contribution is -2.37. The number of carbonyl (C=O) groups excluding carboxylic acids is 1. The topological polar surface area (TPSA) is 69.0 Å². The summed E-state index contributed by atoms with van der Waals surface area (Å²) >= 11 is 0. The molecule has 0 radical (unpaired) electrons. The Morgan fingerprint density at radius 2 is 1.83 bits per heavy atom. The molecule has 0 atom stereocenters. The Morgan fingerprint density at radius 3 is 2.45 bits per heavy atom. The molecule has 0 bridgehead atoms. The van der Waals surface area contributed by atoms with Gasteiger partial charge in [0.2, 0.25) is 5.82 Å². The summed E-state index contributed by atoms with van der Waals surface area (Å²) in [5.41, 5.74) is 1.82. The Balaban J connectivity index is 1.49. The number of rotatable bonds is 7. The van der Waals surface area contributed by atoms with Gasteiger partial charge in [-0.3, -0.25) is 4.79 Å². The first-order chi connectivity index (χ1) is 14.0. The van der Waals surface area contributed by atoms with Crippen LogP contribution in [0.15, 0.2) is 54.6 Å². The van der Waals surface area contributed by atoms with E-state index in [1.165, 1.54) is 0 Å². The smallest absolute Gasteiger partial charge is 0.291 e. The molecule has 0 aliphatic heterocycles. The predicted molar refractivity (Wildman–Crippen MR) is 112 cm³/mol. The van der Waals surface area contributed by atoms with Crippen LogP contribution in [0.1, 0.15) is 54.6 Å². The highest BCUT2D eigenvalue weighted by Crippen LogP contribution is 2.39. The number of benzene rings is 2. The maximum Gasteiger partial charge on any atom is 0.291 e. The Bertz CT molecular complexity index is 989. The van der Waals surface area contributed by atoms with E-state index in [9.17, 15) is 4.79 Å². The number of aromatic nitrogens is 3. The molecule has 1 N–H and O–H groups in total. The van der Waals surface area contributed by atoms with Crippen LogP contribution >= 0.6 is 0 Å². The molecule has 1 aliphatic carbocycles. The van der Waals surface area contributed by atoms with Crippen LogP contribution in [0.25, 0.3) is 5.69 Å². The van der Waals surface area contributed by atoms with E-state index in [-0.39, 0.29) is 17.1 Å². The second-order valence-corrected chi connectivity index (χ2v) is 8.11. The minimum Gasteiger partial charge on any atom is -0.497 e. The number of carbonyl (C=O) groups is 1. The van der Waals surface area contributed by atoms with Crippen LogP contribution in [-0.2, 0) is 5.41 Å². The van der Waals surface area contributed by atoms with Gasteiger partial charge >= 0.3 is 0 Å². The molecule has 3 aromatic rings. The van der Waals surface area contributed by atoms with Crippen LogP contribution in [0, 0.1) is 0 Å². The molecule has 1 amide bonds. The van der Waals surface area contributed by atoms with Gasteiger partial charge in [0, 0.05) is 17.9 Å². The third-order valence-electron chi connectivity index (χ3n) is 5.34. The quantitative estimate of drug-likeness (QED) is 0.665. The minimum atomic E-state index is -0.247. The molecule has 6 nitrogen and oxygen atoms in total. The molecular weight excluding hydrogens is 364 g/mol. The van der Waals surface area contributed by atoms with E-state index < -0.39 is 0 Å². The molecule has 0 spiro atoms. The van der Waals surface area contributed by atoms with Gasteiger partial charge in [-0.25, -0.2) is 9.67 Å². The summed E-state index contributed by atoms with van der Waals surface area (Å²) in [6.07, 6.45) is 2.19. The zero-order chi connectivity index (χ0) is 20.4. The van der Waals surface area contributed by atoms with Crippen molar-refractivity contribution in [3.63, 3.8) is 0 Å². The molecule has 6 heteroatoms. The lowest BCUT2D eigenvalue weighted by Gasteiger charge is -2.25. The highest BCUT2D eigenvalue weighted by molar-refractivity contribution is 5.90. The van der Waals surface area contributed by atoms with Crippen molar-refractivity contribution >= 4 is 5.91 Å². The number of amides is 1. The van der Waals surface area contributed by atoms with Crippen molar-refractivity contribution < 1.29 is 9.53 Å². The van der Waals surface area contributed by atoms with Gasteiger partial charge in [-0.2, -0.15) is 0 Å². The molecule has 1 aliphatic rings. The highest BCUT2D eigenvalue weighted by Gasteiger charge is 2.32. The fourth-order valence-electron chi connectivity index (χ4n) is 3.31. The number of nitrogens with one attached hydrogen (secondary N) is 1. The standard InChI is InChI=1S/C23H26N4O2/c1-23(2,17-11-13-19(29-3)14-12-17)15-24-22(28)20-25-21(16-9-10-16)27(26-20)18-7-5-4-6-8-18/h4-8,11-14,16H,9-10,15H2,1-3H3,(H,24,28). The predicted octanol–water partition coefficient (Wildman–Crippen LogP) is 3.86. The maximum atomic E-state index is 12.8. The van der Waals surface area contributed by atoms with Crippen molar-refractivity contribution in [3.8, 4) is 11.4 Å². The Morgan fingerprint density at radius 1 is 1.14 bits per heavy atom. The Hall–Kier alpha value is -3.15. The number of methoxy groups -OCH3 is 1. The summed E-state index contributed by atoms with van der Waals surface area (Å²) in [7, 11) is 1.65. The van der Waals surface area contributed by atoms with Gasteiger partial charge in [-0.1, -0.05) is 44.2 Å². The van der Waals surface area contributed by atoms with E-state index in [1.54, 1.807) is 11.8 Å². The molecule has 1 fully saturated rings. The van der Waals surface area contributed by atoms with Crippen molar-refractivity contribution in [2.45, 2.75) is 38.0 Å². The highest BCUT2D eigenvalue weighted by atomic mass is 16.5. The van der Waals surface area contributed by atoms with Crippen LogP contribution in [-0.4, -0.2) is 34.3 Å². The average Bonchev–Trinajstić information content (AvgIpc) is 3.50. The van der Waals surface area contributed by atoms with Gasteiger partial charge in [0.15, 0.2) is 0 Å². The van der Waals surface area contributed by atoms with E-state index in [4.69, 9.17) is 4.74 Å². The van der Waals surface area contributed by atoms with Crippen molar-refractivity contribution in [1.82, 2.24) is 20.1 Å². The maximum absolute atomic E-state index is 12.8. The number of nitrogens with zero attached hydrogens (tertiary/aromatic N) is 3. The summed E-state index contributed by atoms with van der Waals surface area (Å²) in [5.74, 6) is 2.05. The third kappa shape index (κ3) is 4.16. The molecule has 150 valence electrons. The first kappa shape index (κ1) is 19.2. The number of hydrogen-bond acceptors (Lipinski definition) is 4. The van der Waals surface area contributed by atoms with E-state index in [2.05, 4.69) is 29.2 Å². The molecule has 1 saturated carbocycles. The SMILES string of the molecule is COc1ccc(C(C)(C)CNC(=O)c2nc(C3CC3)n(-c3ccccc3)n2)cc1. The van der Waals surface area contributed by atoms with E-state index >= 15 is 0 Å². The summed E-state index contributed by atoms with van der Waals surface area (Å²) in [4.78, 5) is 17.4. The summed E-state index contributed by atoms with van der Waals surface area (Å²) in [6.45, 7) is 4.68. The number of para-hydroxylation sites is 1. The Kier molecular flexibility index (Phi) is 5.09. The molecule has 0 unspecified atom stereocenters. The van der Waals surface area contributed by atoms with Crippen LogP contribution in [0.4, 0.5) is 0 Å². The zero-order valence-corrected chi connectivity index (χ0v) is 17.1. The van der Waals surface area contributed by atoms with Gasteiger partial charge in [-0.15, -0.1) is 5.10 Å². The van der Waals surface area contributed by atoms with Gasteiger partial charge in [-0.05, 0) is 42.7 Å². The molecule has 0 saturated heterocycles. The number of ether oxygens (including phenoxy) is 1. The van der Waals surface area contributed by atoms with Crippen LogP contribution in [0.5, 0.6) is 5.75 Å². The van der Waals surface area contributed by atoms with Gasteiger partial charge in [0.1, 0.15) is 11.6 Å². The molecule has 29 heavy (non-hydrogen) atoms. The van der Waals surface area contributed by atoms with Crippen LogP contribution < -0.4 is 10.1 Å². The van der Waals surface area contributed by atoms with Crippen molar-refractivity contribution in [2.24, 2.45) is 0 Å². The van der Waals surface area contributed by atoms with E-state index in [0.29, 0.717) is 12.5 Å². The van der Waals surface area contributed by atoms with Crippen LogP contribution in [0.2, 0.25) is 0 Å². The number of hydrogen-bond donors (Lipinski definition) is 1. The molecule has 1 heterocycles. The van der Waals surface area contributed by atoms with Crippen molar-refractivity contribution in [1.29, 1.82) is 0 Å². The van der Waals surface area contributed by atoms with Crippen molar-refractivity contribution in [3.05, 3.63) is 71.8 Å². The van der Waals surface area contributed by atoms with E-state index in [0.717, 1.165) is 35.7 Å². The second kappa shape index (κ2) is 7.70. The summed E-state index contributed by atoms with van der Waals surface area (Å²) in [5, 5.41) is 7.52. The molecule has 4 rings (SSSR count). The fourth-order valence-corrected chi connectivity index (χ4v) is 3.31. The van der Waals surface area contributed by atoms with Gasteiger partial charge in [0.05, 0.1) is 12.8 Å². The summed E-state index contributed by atoms with van der Waals surface area (Å²) in [6, 6.07) is 17.8.